The molecular weight excluding hydrogens is 174 g/mol. The first kappa shape index (κ1) is 9.36. The predicted molar refractivity (Wildman–Crippen MR) is 44.1 cm³/mol. The van der Waals surface area contributed by atoms with Crippen molar-refractivity contribution in [1.29, 1.82) is 0 Å². The Morgan fingerprint density at radius 3 is 2.54 bits per heavy atom. The fourth-order valence-electron chi connectivity index (χ4n) is 1.99. The van der Waals surface area contributed by atoms with Gasteiger partial charge in [0.15, 0.2) is 6.29 Å². The van der Waals surface area contributed by atoms with Gasteiger partial charge in [0.05, 0.1) is 12.6 Å². The fraction of sp³-hybridized carbons (Fsp3) is 1.00. The second kappa shape index (κ2) is 3.18. The summed E-state index contributed by atoms with van der Waals surface area (Å²) in [6.07, 6.45) is -2.31. The zero-order valence-electron chi connectivity index (χ0n) is 7.75. The molecule has 0 saturated carbocycles. The minimum Gasteiger partial charge on any atom is -0.389 e. The van der Waals surface area contributed by atoms with E-state index in [1.807, 2.05) is 14.1 Å². The Morgan fingerprint density at radius 2 is 1.92 bits per heavy atom. The van der Waals surface area contributed by atoms with Crippen molar-refractivity contribution in [3.05, 3.63) is 0 Å². The number of aliphatic hydroxyl groups excluding tert-OH is 2. The molecule has 2 heterocycles. The third kappa shape index (κ3) is 1.37. The average molecular weight is 189 g/mol. The molecule has 0 radical (unpaired) electrons. The Hall–Kier alpha value is -0.200. The van der Waals surface area contributed by atoms with Crippen molar-refractivity contribution in [3.63, 3.8) is 0 Å². The van der Waals surface area contributed by atoms with Crippen molar-refractivity contribution in [3.8, 4) is 0 Å². The lowest BCUT2D eigenvalue weighted by atomic mass is 9.97. The molecule has 2 aliphatic heterocycles. The summed E-state index contributed by atoms with van der Waals surface area (Å²) >= 11 is 0. The Morgan fingerprint density at radius 1 is 1.23 bits per heavy atom. The largest absolute Gasteiger partial charge is 0.389 e. The van der Waals surface area contributed by atoms with Gasteiger partial charge in [-0.2, -0.15) is 0 Å². The molecule has 2 bridgehead atoms. The molecule has 2 aliphatic rings. The van der Waals surface area contributed by atoms with E-state index in [2.05, 4.69) is 0 Å². The van der Waals surface area contributed by atoms with Crippen LogP contribution < -0.4 is 0 Å². The van der Waals surface area contributed by atoms with E-state index >= 15 is 0 Å². The third-order valence-corrected chi connectivity index (χ3v) is 2.69. The topological polar surface area (TPSA) is 62.2 Å². The molecule has 0 aromatic heterocycles. The van der Waals surface area contributed by atoms with Crippen LogP contribution in [0.3, 0.4) is 0 Å². The number of hydrogen-bond acceptors (Lipinski definition) is 5. The van der Waals surface area contributed by atoms with E-state index in [0.717, 1.165) is 0 Å². The van der Waals surface area contributed by atoms with E-state index in [-0.39, 0.29) is 12.1 Å². The molecule has 0 aromatic rings. The lowest BCUT2D eigenvalue weighted by Crippen LogP contribution is -2.59. The van der Waals surface area contributed by atoms with E-state index in [1.54, 1.807) is 4.90 Å². The third-order valence-electron chi connectivity index (χ3n) is 2.69. The van der Waals surface area contributed by atoms with Crippen molar-refractivity contribution < 1.29 is 19.7 Å². The molecule has 5 heteroatoms. The van der Waals surface area contributed by atoms with Crippen LogP contribution in [-0.2, 0) is 9.47 Å². The van der Waals surface area contributed by atoms with Crippen molar-refractivity contribution >= 4 is 0 Å². The summed E-state index contributed by atoms with van der Waals surface area (Å²) < 4.78 is 10.4. The van der Waals surface area contributed by atoms with Gasteiger partial charge in [0.25, 0.3) is 0 Å². The highest BCUT2D eigenvalue weighted by Gasteiger charge is 2.50. The van der Waals surface area contributed by atoms with Crippen LogP contribution in [-0.4, -0.2) is 66.5 Å². The van der Waals surface area contributed by atoms with Crippen LogP contribution in [0.15, 0.2) is 0 Å². The summed E-state index contributed by atoms with van der Waals surface area (Å²) in [4.78, 5) is 1.80. The van der Waals surface area contributed by atoms with Gasteiger partial charge in [-0.3, -0.25) is 0 Å². The van der Waals surface area contributed by atoms with Crippen LogP contribution in [0.25, 0.3) is 0 Å². The van der Waals surface area contributed by atoms with Crippen molar-refractivity contribution in [1.82, 2.24) is 4.90 Å². The molecule has 2 N–H and O–H groups in total. The minimum absolute atomic E-state index is 0.291. The Bertz CT molecular complexity index is 183. The second-order valence-corrected chi connectivity index (χ2v) is 3.81. The van der Waals surface area contributed by atoms with Gasteiger partial charge in [-0.1, -0.05) is 0 Å². The number of rotatable bonds is 1. The van der Waals surface area contributed by atoms with Crippen LogP contribution >= 0.6 is 0 Å². The summed E-state index contributed by atoms with van der Waals surface area (Å²) in [5, 5.41) is 19.5. The highest BCUT2D eigenvalue weighted by atomic mass is 16.7. The maximum atomic E-state index is 9.79. The van der Waals surface area contributed by atoms with E-state index in [0.29, 0.717) is 6.61 Å². The van der Waals surface area contributed by atoms with Crippen LogP contribution in [0, 0.1) is 0 Å². The predicted octanol–water partition coefficient (Wildman–Crippen LogP) is -1.61. The smallest absolute Gasteiger partial charge is 0.185 e. The number of ether oxygens (including phenoxy) is 2. The molecule has 5 atom stereocenters. The van der Waals surface area contributed by atoms with Gasteiger partial charge in [0, 0.05) is 0 Å². The quantitative estimate of drug-likeness (QED) is 0.520. The molecule has 2 fully saturated rings. The molecule has 5 nitrogen and oxygen atoms in total. The first-order chi connectivity index (χ1) is 6.11. The molecular formula is C8H15NO4. The summed E-state index contributed by atoms with van der Waals surface area (Å²) in [5.74, 6) is 0. The van der Waals surface area contributed by atoms with Crippen molar-refractivity contribution in [2.24, 2.45) is 0 Å². The number of fused-ring (bicyclic) bond motifs is 2. The van der Waals surface area contributed by atoms with E-state index in [4.69, 9.17) is 9.47 Å². The Balaban J connectivity index is 2.17. The number of likely N-dealkylation sites (N-methyl/N-ethyl adjacent to an activating group) is 1. The van der Waals surface area contributed by atoms with E-state index < -0.39 is 18.5 Å². The maximum Gasteiger partial charge on any atom is 0.185 e. The van der Waals surface area contributed by atoms with E-state index in [9.17, 15) is 10.2 Å². The molecule has 2 saturated heterocycles. The molecule has 2 rings (SSSR count). The summed E-state index contributed by atoms with van der Waals surface area (Å²) in [7, 11) is 3.64. The van der Waals surface area contributed by atoms with Gasteiger partial charge in [-0.25, -0.2) is 0 Å². The van der Waals surface area contributed by atoms with Gasteiger partial charge < -0.3 is 24.6 Å². The van der Waals surface area contributed by atoms with Crippen LogP contribution in [0.2, 0.25) is 0 Å². The number of nitrogens with zero attached hydrogens (tertiary/aromatic N) is 1. The summed E-state index contributed by atoms with van der Waals surface area (Å²) in [5.41, 5.74) is 0. The molecule has 0 amide bonds. The Kier molecular flexibility index (Phi) is 2.29. The molecule has 0 aromatic carbocycles. The lowest BCUT2D eigenvalue weighted by molar-refractivity contribution is -0.209. The fourth-order valence-corrected chi connectivity index (χ4v) is 1.99. The van der Waals surface area contributed by atoms with E-state index in [1.165, 1.54) is 0 Å². The molecule has 0 aliphatic carbocycles. The number of hydrogen-bond donors (Lipinski definition) is 2. The first-order valence-electron chi connectivity index (χ1n) is 4.41. The Labute approximate surface area is 76.9 Å². The molecule has 76 valence electrons. The summed E-state index contributed by atoms with van der Waals surface area (Å²) in [6.45, 7) is 0.368. The standard InChI is InChI=1S/C8H15NO4/c1-9(2)5-6(10)4-3-12-8(13-4)7(5)11/h4-8,10-11H,3H2,1-2H3/t4-,5+,6-,7-,8+/m1/s1. The SMILES string of the molecule is CN(C)[C@@H]1[C@@H](O)[C@H]2OC[C@@H](O2)[C@H]1O. The molecule has 0 unspecified atom stereocenters. The van der Waals surface area contributed by atoms with Gasteiger partial charge in [-0.15, -0.1) is 0 Å². The van der Waals surface area contributed by atoms with Gasteiger partial charge in [0.1, 0.15) is 18.3 Å². The molecule has 0 spiro atoms. The van der Waals surface area contributed by atoms with Gasteiger partial charge in [0.2, 0.25) is 0 Å². The summed E-state index contributed by atoms with van der Waals surface area (Å²) in [6, 6.07) is -0.300. The van der Waals surface area contributed by atoms with Crippen molar-refractivity contribution in [2.75, 3.05) is 20.7 Å². The minimum atomic E-state index is -0.774. The second-order valence-electron chi connectivity index (χ2n) is 3.81. The normalized spacial score (nSPS) is 50.1. The van der Waals surface area contributed by atoms with Crippen LogP contribution in [0.1, 0.15) is 0 Å². The highest BCUT2D eigenvalue weighted by Crippen LogP contribution is 2.29. The maximum absolute atomic E-state index is 9.79. The monoisotopic (exact) mass is 189 g/mol. The van der Waals surface area contributed by atoms with Crippen LogP contribution in [0.4, 0.5) is 0 Å². The average Bonchev–Trinajstić information content (AvgIpc) is 2.46. The lowest BCUT2D eigenvalue weighted by Gasteiger charge is -2.39. The van der Waals surface area contributed by atoms with Gasteiger partial charge in [-0.05, 0) is 14.1 Å². The van der Waals surface area contributed by atoms with Crippen molar-refractivity contribution in [2.45, 2.75) is 30.6 Å². The highest BCUT2D eigenvalue weighted by molar-refractivity contribution is 4.96. The number of aliphatic hydroxyl groups is 2. The van der Waals surface area contributed by atoms with Gasteiger partial charge >= 0.3 is 0 Å². The molecule has 13 heavy (non-hydrogen) atoms. The zero-order chi connectivity index (χ0) is 9.59. The van der Waals surface area contributed by atoms with Crippen LogP contribution in [0.5, 0.6) is 0 Å². The first-order valence-corrected chi connectivity index (χ1v) is 4.41. The zero-order valence-corrected chi connectivity index (χ0v) is 7.75.